The molecule has 3 unspecified atom stereocenters. The monoisotopic (exact) mass is 348 g/mol. The van der Waals surface area contributed by atoms with Gasteiger partial charge in [-0.1, -0.05) is 33.8 Å². The molecule has 3 aliphatic carbocycles. The van der Waals surface area contributed by atoms with Crippen LogP contribution in [-0.2, 0) is 9.53 Å². The van der Waals surface area contributed by atoms with E-state index >= 15 is 0 Å². The van der Waals surface area contributed by atoms with Gasteiger partial charge in [-0.25, -0.2) is 0 Å². The smallest absolute Gasteiger partial charge is 0.145 e. The van der Waals surface area contributed by atoms with E-state index in [4.69, 9.17) is 4.74 Å². The lowest BCUT2D eigenvalue weighted by Gasteiger charge is -2.61. The Kier molecular flexibility index (Phi) is 4.52. The maximum absolute atomic E-state index is 13.5. The minimum atomic E-state index is -0.649. The number of rotatable bonds is 2. The number of carbonyl (C=O) groups is 1. The van der Waals surface area contributed by atoms with Crippen LogP contribution in [0.15, 0.2) is 12.7 Å². The van der Waals surface area contributed by atoms with Crippen molar-refractivity contribution in [3.05, 3.63) is 12.7 Å². The maximum atomic E-state index is 13.5. The van der Waals surface area contributed by atoms with Crippen LogP contribution in [-0.4, -0.2) is 30.2 Å². The number of ether oxygens (including phenoxy) is 1. The molecule has 3 nitrogen and oxygen atoms in total. The SMILES string of the molecule is C=C[C@]1(C)C[C@@H](O)[C@@]2(C)C3[C@H](OC)[C@H](C)CC3(CC[C@H]2C)C(C)C1=O. The van der Waals surface area contributed by atoms with E-state index in [-0.39, 0.29) is 34.6 Å². The first-order chi connectivity index (χ1) is 11.6. The van der Waals surface area contributed by atoms with E-state index in [2.05, 4.69) is 34.3 Å². The Morgan fingerprint density at radius 2 is 1.88 bits per heavy atom. The van der Waals surface area contributed by atoms with Gasteiger partial charge < -0.3 is 9.84 Å². The van der Waals surface area contributed by atoms with Crippen molar-refractivity contribution < 1.29 is 14.6 Å². The number of methoxy groups -OCH3 is 1. The summed E-state index contributed by atoms with van der Waals surface area (Å²) in [5, 5.41) is 11.4. The van der Waals surface area contributed by atoms with Crippen LogP contribution >= 0.6 is 0 Å². The number of hydrogen-bond donors (Lipinski definition) is 1. The van der Waals surface area contributed by atoms with E-state index in [1.807, 2.05) is 6.92 Å². The molecule has 0 spiro atoms. The predicted molar refractivity (Wildman–Crippen MR) is 100 cm³/mol. The summed E-state index contributed by atoms with van der Waals surface area (Å²) in [5.41, 5.74) is -0.948. The van der Waals surface area contributed by atoms with Crippen LogP contribution < -0.4 is 0 Å². The van der Waals surface area contributed by atoms with E-state index in [1.54, 1.807) is 13.2 Å². The van der Waals surface area contributed by atoms with Gasteiger partial charge in [0.2, 0.25) is 0 Å². The standard InChI is InChI=1S/C22H36O3/c1-8-20(5)12-16(23)21(6)14(3)9-10-22(15(4)19(20)24)11-13(2)17(25-7)18(21)22/h8,13-18,23H,1,9-12H2,2-7H3/t13-,14-,15?,16-,17-,18?,20-,21+,22?/m1/s1. The van der Waals surface area contributed by atoms with Crippen molar-refractivity contribution in [3.63, 3.8) is 0 Å². The fourth-order valence-electron chi connectivity index (χ4n) is 7.06. The van der Waals surface area contributed by atoms with Crippen LogP contribution in [0.2, 0.25) is 0 Å². The van der Waals surface area contributed by atoms with E-state index in [0.717, 1.165) is 19.3 Å². The molecule has 25 heavy (non-hydrogen) atoms. The lowest BCUT2D eigenvalue weighted by Crippen LogP contribution is -2.62. The van der Waals surface area contributed by atoms with Gasteiger partial charge in [-0.3, -0.25) is 4.79 Å². The highest BCUT2D eigenvalue weighted by atomic mass is 16.5. The Morgan fingerprint density at radius 1 is 1.24 bits per heavy atom. The van der Waals surface area contributed by atoms with Gasteiger partial charge in [0.05, 0.1) is 12.2 Å². The number of allylic oxidation sites excluding steroid dienone is 1. The third kappa shape index (κ3) is 2.27. The van der Waals surface area contributed by atoms with Crippen molar-refractivity contribution in [1.29, 1.82) is 0 Å². The van der Waals surface area contributed by atoms with Gasteiger partial charge >= 0.3 is 0 Å². The molecule has 0 aromatic heterocycles. The Morgan fingerprint density at radius 3 is 2.44 bits per heavy atom. The highest BCUT2D eigenvalue weighted by molar-refractivity contribution is 5.89. The first-order valence-electron chi connectivity index (χ1n) is 9.97. The fraction of sp³-hybridized carbons (Fsp3) is 0.864. The minimum Gasteiger partial charge on any atom is -0.392 e. The van der Waals surface area contributed by atoms with Crippen LogP contribution in [0.1, 0.15) is 60.3 Å². The van der Waals surface area contributed by atoms with E-state index < -0.39 is 11.5 Å². The van der Waals surface area contributed by atoms with Crippen molar-refractivity contribution in [2.75, 3.05) is 7.11 Å². The molecule has 0 radical (unpaired) electrons. The van der Waals surface area contributed by atoms with Gasteiger partial charge in [0.25, 0.3) is 0 Å². The molecule has 0 saturated heterocycles. The zero-order chi connectivity index (χ0) is 18.8. The molecular formula is C22H36O3. The van der Waals surface area contributed by atoms with Crippen LogP contribution in [0.5, 0.6) is 0 Å². The molecule has 3 fully saturated rings. The molecule has 0 aromatic carbocycles. The van der Waals surface area contributed by atoms with Gasteiger partial charge in [0, 0.05) is 23.9 Å². The van der Waals surface area contributed by atoms with Gasteiger partial charge in [-0.05, 0) is 55.8 Å². The van der Waals surface area contributed by atoms with Gasteiger partial charge in [0.15, 0.2) is 0 Å². The molecule has 1 N–H and O–H groups in total. The number of Topliss-reactive ketones (excluding diaryl/α,β-unsaturated/α-hetero) is 1. The molecule has 0 amide bonds. The minimum absolute atomic E-state index is 0.0255. The quantitative estimate of drug-likeness (QED) is 0.759. The molecule has 9 atom stereocenters. The van der Waals surface area contributed by atoms with Crippen LogP contribution in [0, 0.1) is 39.9 Å². The van der Waals surface area contributed by atoms with Crippen molar-refractivity contribution in [3.8, 4) is 0 Å². The van der Waals surface area contributed by atoms with E-state index in [1.165, 1.54) is 0 Å². The molecular weight excluding hydrogens is 312 g/mol. The highest BCUT2D eigenvalue weighted by Gasteiger charge is 2.68. The topological polar surface area (TPSA) is 46.5 Å². The first kappa shape index (κ1) is 19.1. The molecule has 3 heteroatoms. The Labute approximate surface area is 153 Å². The summed E-state index contributed by atoms with van der Waals surface area (Å²) >= 11 is 0. The lowest BCUT2D eigenvalue weighted by atomic mass is 9.44. The highest BCUT2D eigenvalue weighted by Crippen LogP contribution is 2.69. The second-order valence-electron chi connectivity index (χ2n) is 9.83. The van der Waals surface area contributed by atoms with E-state index in [9.17, 15) is 9.90 Å². The average molecular weight is 349 g/mol. The van der Waals surface area contributed by atoms with Gasteiger partial charge in [-0.15, -0.1) is 6.58 Å². The molecule has 2 bridgehead atoms. The lowest BCUT2D eigenvalue weighted by molar-refractivity contribution is -0.189. The molecule has 3 saturated carbocycles. The Balaban J connectivity index is 2.24. The molecule has 142 valence electrons. The largest absolute Gasteiger partial charge is 0.392 e. The molecule has 0 aromatic rings. The molecule has 3 aliphatic rings. The van der Waals surface area contributed by atoms with Crippen LogP contribution in [0.4, 0.5) is 0 Å². The number of aliphatic hydroxyl groups excluding tert-OH is 1. The second kappa shape index (κ2) is 5.92. The van der Waals surface area contributed by atoms with Crippen molar-refractivity contribution in [2.24, 2.45) is 39.9 Å². The Hall–Kier alpha value is -0.670. The van der Waals surface area contributed by atoms with Crippen molar-refractivity contribution >= 4 is 5.78 Å². The summed E-state index contributed by atoms with van der Waals surface area (Å²) in [7, 11) is 1.80. The summed E-state index contributed by atoms with van der Waals surface area (Å²) < 4.78 is 6.00. The fourth-order valence-corrected chi connectivity index (χ4v) is 7.06. The molecule has 0 heterocycles. The molecule has 3 rings (SSSR count). The van der Waals surface area contributed by atoms with Gasteiger partial charge in [-0.2, -0.15) is 0 Å². The third-order valence-corrected chi connectivity index (χ3v) is 8.86. The maximum Gasteiger partial charge on any atom is 0.145 e. The zero-order valence-corrected chi connectivity index (χ0v) is 16.8. The number of aliphatic hydroxyl groups is 1. The normalized spacial score (nSPS) is 56.0. The van der Waals surface area contributed by atoms with Crippen LogP contribution in [0.3, 0.4) is 0 Å². The Bertz CT molecular complexity index is 572. The average Bonchev–Trinajstić information content (AvgIpc) is 2.89. The zero-order valence-electron chi connectivity index (χ0n) is 16.8. The number of ketones is 1. The van der Waals surface area contributed by atoms with Gasteiger partial charge in [0.1, 0.15) is 5.78 Å². The van der Waals surface area contributed by atoms with Crippen molar-refractivity contribution in [1.82, 2.24) is 0 Å². The summed E-state index contributed by atoms with van der Waals surface area (Å²) in [4.78, 5) is 13.5. The third-order valence-electron chi connectivity index (χ3n) is 8.86. The molecule has 0 aliphatic heterocycles. The number of hydrogen-bond acceptors (Lipinski definition) is 3. The van der Waals surface area contributed by atoms with E-state index in [0.29, 0.717) is 18.3 Å². The first-order valence-corrected chi connectivity index (χ1v) is 9.97. The predicted octanol–water partition coefficient (Wildman–Crippen LogP) is 4.24. The summed E-state index contributed by atoms with van der Waals surface area (Å²) in [5.74, 6) is 1.29. The number of carbonyl (C=O) groups excluding carboxylic acids is 1. The summed E-state index contributed by atoms with van der Waals surface area (Å²) in [6.07, 6.45) is 5.01. The second-order valence-corrected chi connectivity index (χ2v) is 9.83. The summed E-state index contributed by atoms with van der Waals surface area (Å²) in [6.45, 7) is 14.9. The van der Waals surface area contributed by atoms with Crippen LogP contribution in [0.25, 0.3) is 0 Å². The summed E-state index contributed by atoms with van der Waals surface area (Å²) in [6, 6.07) is 0. The van der Waals surface area contributed by atoms with Crippen molar-refractivity contribution in [2.45, 2.75) is 72.5 Å².